The van der Waals surface area contributed by atoms with Crippen molar-refractivity contribution in [2.45, 2.75) is 0 Å². The van der Waals surface area contributed by atoms with Gasteiger partial charge in [0.25, 0.3) is 0 Å². The van der Waals surface area contributed by atoms with Gasteiger partial charge in [0.1, 0.15) is 11.6 Å². The molecule has 108 valence electrons. The van der Waals surface area contributed by atoms with E-state index in [1.807, 2.05) is 24.3 Å². The van der Waals surface area contributed by atoms with Gasteiger partial charge in [0.05, 0.1) is 5.69 Å². The van der Waals surface area contributed by atoms with Crippen LogP contribution < -0.4 is 10.6 Å². The van der Waals surface area contributed by atoms with Gasteiger partial charge in [0.15, 0.2) is 0 Å². The molecule has 0 aliphatic rings. The molecule has 6 heteroatoms. The Bertz CT molecular complexity index is 672. The van der Waals surface area contributed by atoms with Gasteiger partial charge in [-0.25, -0.2) is 13.6 Å². The number of carbonyl (C=O) groups excluding carboxylic acids is 1. The highest BCUT2D eigenvalue weighted by Crippen LogP contribution is 2.14. The van der Waals surface area contributed by atoms with Crippen LogP contribution in [0.1, 0.15) is 5.56 Å². The fourth-order valence-corrected chi connectivity index (χ4v) is 1.80. The van der Waals surface area contributed by atoms with Crippen molar-refractivity contribution in [3.8, 4) is 0 Å². The number of carbonyl (C=O) groups is 1. The Morgan fingerprint density at radius 3 is 2.48 bits per heavy atom. The zero-order chi connectivity index (χ0) is 15.2. The lowest BCUT2D eigenvalue weighted by Gasteiger charge is -2.05. The summed E-state index contributed by atoms with van der Waals surface area (Å²) < 4.78 is 27.0. The molecule has 0 aliphatic carbocycles. The second kappa shape index (κ2) is 6.99. The average molecular weight is 353 g/mol. The summed E-state index contributed by atoms with van der Waals surface area (Å²) in [5, 5.41) is 4.72. The number of halogens is 3. The number of benzene rings is 2. The quantitative estimate of drug-likeness (QED) is 0.837. The maximum absolute atomic E-state index is 13.3. The summed E-state index contributed by atoms with van der Waals surface area (Å²) in [6.07, 6.45) is 3.12. The van der Waals surface area contributed by atoms with Crippen molar-refractivity contribution in [3.63, 3.8) is 0 Å². The standard InChI is InChI=1S/C15H11BrF2N2O/c16-11-3-1-10(2-4-11)7-8-19-15(21)20-14-6-5-12(17)9-13(14)18/h1-9H,(H2,19,20,21)/b8-7+. The predicted molar refractivity (Wildman–Crippen MR) is 81.7 cm³/mol. The predicted octanol–water partition coefficient (Wildman–Crippen LogP) is 4.52. The molecule has 21 heavy (non-hydrogen) atoms. The summed E-state index contributed by atoms with van der Waals surface area (Å²) in [5.74, 6) is -1.53. The number of nitrogens with one attached hydrogen (secondary N) is 2. The van der Waals surface area contributed by atoms with E-state index in [2.05, 4.69) is 26.6 Å². The Labute approximate surface area is 128 Å². The number of anilines is 1. The van der Waals surface area contributed by atoms with E-state index in [0.29, 0.717) is 6.07 Å². The molecule has 0 saturated heterocycles. The van der Waals surface area contributed by atoms with Gasteiger partial charge >= 0.3 is 6.03 Å². The molecule has 0 radical (unpaired) electrons. The van der Waals surface area contributed by atoms with E-state index >= 15 is 0 Å². The van der Waals surface area contributed by atoms with E-state index < -0.39 is 17.7 Å². The lowest BCUT2D eigenvalue weighted by atomic mass is 10.2. The highest BCUT2D eigenvalue weighted by molar-refractivity contribution is 9.10. The van der Waals surface area contributed by atoms with Crippen molar-refractivity contribution < 1.29 is 13.6 Å². The summed E-state index contributed by atoms with van der Waals surface area (Å²) in [7, 11) is 0. The van der Waals surface area contributed by atoms with Gasteiger partial charge in [0.2, 0.25) is 0 Å². The molecular formula is C15H11BrF2N2O. The van der Waals surface area contributed by atoms with Crippen LogP contribution in [0.15, 0.2) is 53.1 Å². The second-order valence-corrected chi connectivity index (χ2v) is 5.02. The monoisotopic (exact) mass is 352 g/mol. The zero-order valence-corrected chi connectivity index (χ0v) is 12.3. The molecule has 0 aromatic heterocycles. The molecule has 2 aromatic rings. The smallest absolute Gasteiger partial charge is 0.314 e. The Balaban J connectivity index is 1.91. The summed E-state index contributed by atoms with van der Waals surface area (Å²) in [6.45, 7) is 0. The lowest BCUT2D eigenvalue weighted by molar-refractivity contribution is 0.255. The molecule has 3 nitrogen and oxygen atoms in total. The Morgan fingerprint density at radius 2 is 1.81 bits per heavy atom. The first-order valence-corrected chi connectivity index (χ1v) is 6.78. The first kappa shape index (κ1) is 15.2. The van der Waals surface area contributed by atoms with Gasteiger partial charge in [-0.1, -0.05) is 28.1 Å². The third-order valence-corrected chi connectivity index (χ3v) is 3.07. The van der Waals surface area contributed by atoms with Crippen LogP contribution in [0.5, 0.6) is 0 Å². The van der Waals surface area contributed by atoms with Crippen LogP contribution in [-0.4, -0.2) is 6.03 Å². The van der Waals surface area contributed by atoms with Crippen LogP contribution in [0.2, 0.25) is 0 Å². The van der Waals surface area contributed by atoms with E-state index in [9.17, 15) is 13.6 Å². The van der Waals surface area contributed by atoms with E-state index in [1.54, 1.807) is 6.08 Å². The summed E-state index contributed by atoms with van der Waals surface area (Å²) in [4.78, 5) is 11.6. The molecule has 0 atom stereocenters. The molecule has 0 aliphatic heterocycles. The minimum atomic E-state index is -0.831. The third-order valence-electron chi connectivity index (χ3n) is 2.54. The molecule has 2 amide bonds. The van der Waals surface area contributed by atoms with E-state index in [4.69, 9.17) is 0 Å². The maximum atomic E-state index is 13.3. The number of amides is 2. The van der Waals surface area contributed by atoms with Crippen LogP contribution in [-0.2, 0) is 0 Å². The van der Waals surface area contributed by atoms with E-state index in [0.717, 1.165) is 22.2 Å². The molecular weight excluding hydrogens is 342 g/mol. The highest BCUT2D eigenvalue weighted by atomic mass is 79.9. The third kappa shape index (κ3) is 4.68. The minimum absolute atomic E-state index is 0.0917. The first-order valence-electron chi connectivity index (χ1n) is 5.99. The number of rotatable bonds is 3. The van der Waals surface area contributed by atoms with Gasteiger partial charge < -0.3 is 10.6 Å². The number of hydrogen-bond donors (Lipinski definition) is 2. The summed E-state index contributed by atoms with van der Waals surface area (Å²) in [5.41, 5.74) is 0.803. The number of urea groups is 1. The molecule has 2 aromatic carbocycles. The summed E-state index contributed by atoms with van der Waals surface area (Å²) >= 11 is 3.32. The van der Waals surface area contributed by atoms with Crippen molar-refractivity contribution in [1.82, 2.24) is 5.32 Å². The van der Waals surface area contributed by atoms with Gasteiger partial charge in [0, 0.05) is 16.7 Å². The molecule has 0 fully saturated rings. The fourth-order valence-electron chi connectivity index (χ4n) is 1.54. The molecule has 2 N–H and O–H groups in total. The Kier molecular flexibility index (Phi) is 5.05. The Morgan fingerprint density at radius 1 is 1.10 bits per heavy atom. The maximum Gasteiger partial charge on any atom is 0.323 e. The molecule has 0 unspecified atom stereocenters. The van der Waals surface area contributed by atoms with Crippen LogP contribution in [0.25, 0.3) is 6.08 Å². The van der Waals surface area contributed by atoms with E-state index in [1.165, 1.54) is 6.20 Å². The molecule has 0 bridgehead atoms. The Hall–Kier alpha value is -2.21. The van der Waals surface area contributed by atoms with Gasteiger partial charge in [-0.05, 0) is 35.9 Å². The largest absolute Gasteiger partial charge is 0.323 e. The molecule has 2 rings (SSSR count). The zero-order valence-electron chi connectivity index (χ0n) is 10.7. The first-order chi connectivity index (χ1) is 10.0. The summed E-state index contributed by atoms with van der Waals surface area (Å²) in [6, 6.07) is 9.77. The van der Waals surface area contributed by atoms with Crippen LogP contribution in [0.3, 0.4) is 0 Å². The fraction of sp³-hybridized carbons (Fsp3) is 0. The molecule has 0 saturated carbocycles. The van der Waals surface area contributed by atoms with Crippen LogP contribution in [0.4, 0.5) is 19.3 Å². The van der Waals surface area contributed by atoms with Gasteiger partial charge in [-0.3, -0.25) is 0 Å². The molecule has 0 heterocycles. The average Bonchev–Trinajstić information content (AvgIpc) is 2.44. The normalized spacial score (nSPS) is 10.6. The van der Waals surface area contributed by atoms with Gasteiger partial charge in [-0.2, -0.15) is 0 Å². The van der Waals surface area contributed by atoms with Crippen molar-refractivity contribution in [2.75, 3.05) is 5.32 Å². The SMILES string of the molecule is O=C(N/C=C/c1ccc(Br)cc1)Nc1ccc(F)cc1F. The number of hydrogen-bond acceptors (Lipinski definition) is 1. The topological polar surface area (TPSA) is 41.1 Å². The van der Waals surface area contributed by atoms with Crippen LogP contribution in [0, 0.1) is 11.6 Å². The second-order valence-electron chi connectivity index (χ2n) is 4.11. The van der Waals surface area contributed by atoms with Gasteiger partial charge in [-0.15, -0.1) is 0 Å². The van der Waals surface area contributed by atoms with Crippen molar-refractivity contribution >= 4 is 33.7 Å². The minimum Gasteiger partial charge on any atom is -0.314 e. The van der Waals surface area contributed by atoms with Crippen molar-refractivity contribution in [1.29, 1.82) is 0 Å². The lowest BCUT2D eigenvalue weighted by Crippen LogP contribution is -2.24. The van der Waals surface area contributed by atoms with Crippen LogP contribution >= 0.6 is 15.9 Å². The highest BCUT2D eigenvalue weighted by Gasteiger charge is 2.06. The van der Waals surface area contributed by atoms with E-state index in [-0.39, 0.29) is 5.69 Å². The van der Waals surface area contributed by atoms with Crippen molar-refractivity contribution in [2.24, 2.45) is 0 Å². The van der Waals surface area contributed by atoms with Crippen molar-refractivity contribution in [3.05, 3.63) is 70.3 Å². The molecule has 0 spiro atoms.